The summed E-state index contributed by atoms with van der Waals surface area (Å²) in [6, 6.07) is 18.7. The van der Waals surface area contributed by atoms with Gasteiger partial charge < -0.3 is 16.0 Å². The predicted molar refractivity (Wildman–Crippen MR) is 138 cm³/mol. The van der Waals surface area contributed by atoms with E-state index in [9.17, 15) is 14.4 Å². The summed E-state index contributed by atoms with van der Waals surface area (Å²) >= 11 is 6.71. The van der Waals surface area contributed by atoms with Crippen molar-refractivity contribution in [1.82, 2.24) is 5.32 Å². The first-order valence-electron chi connectivity index (χ1n) is 10.1. The fraction of sp³-hybridized carbons (Fsp3) is 0.160. The van der Waals surface area contributed by atoms with Gasteiger partial charge >= 0.3 is 0 Å². The number of hydrogen-bond acceptors (Lipinski definition) is 3. The first kappa shape index (κ1) is 24.7. The average Bonchev–Trinajstić information content (AvgIpc) is 2.72. The Balaban J connectivity index is 1.92. The second-order valence-electron chi connectivity index (χ2n) is 8.43. The Morgan fingerprint density at radius 2 is 1.09 bits per heavy atom. The van der Waals surface area contributed by atoms with E-state index in [-0.39, 0.29) is 17.7 Å². The number of amides is 3. The number of nitrogens with one attached hydrogen (secondary N) is 3. The molecule has 0 heterocycles. The van der Waals surface area contributed by atoms with Gasteiger partial charge in [-0.1, -0.05) is 44.0 Å². The molecule has 170 valence electrons. The fourth-order valence-corrected chi connectivity index (χ4v) is 3.78. The van der Waals surface area contributed by atoms with E-state index in [1.165, 1.54) is 0 Å². The number of rotatable bonds is 5. The van der Waals surface area contributed by atoms with Crippen LogP contribution in [0.1, 0.15) is 51.8 Å². The maximum Gasteiger partial charge on any atom is 0.255 e. The van der Waals surface area contributed by atoms with Crippen LogP contribution in [0.3, 0.4) is 0 Å². The van der Waals surface area contributed by atoms with E-state index in [1.54, 1.807) is 54.6 Å². The summed E-state index contributed by atoms with van der Waals surface area (Å²) in [5, 5.41) is 8.51. The van der Waals surface area contributed by atoms with E-state index in [2.05, 4.69) is 47.8 Å². The van der Waals surface area contributed by atoms with Gasteiger partial charge in [-0.15, -0.1) is 0 Å². The first-order chi connectivity index (χ1) is 15.5. The molecule has 6 nitrogen and oxygen atoms in total. The minimum Gasteiger partial charge on any atom is -0.347 e. The van der Waals surface area contributed by atoms with Crippen LogP contribution in [0.2, 0.25) is 0 Å². The van der Waals surface area contributed by atoms with Crippen molar-refractivity contribution >= 4 is 61.0 Å². The van der Waals surface area contributed by atoms with E-state index in [0.717, 1.165) is 8.95 Å². The molecule has 0 aliphatic rings. The smallest absolute Gasteiger partial charge is 0.255 e. The molecule has 3 N–H and O–H groups in total. The molecule has 0 spiro atoms. The molecule has 0 fully saturated rings. The Morgan fingerprint density at radius 3 is 1.48 bits per heavy atom. The van der Waals surface area contributed by atoms with Gasteiger partial charge in [-0.25, -0.2) is 0 Å². The highest BCUT2D eigenvalue weighted by Crippen LogP contribution is 2.23. The summed E-state index contributed by atoms with van der Waals surface area (Å²) in [5.74, 6) is -0.998. The summed E-state index contributed by atoms with van der Waals surface area (Å²) in [5.41, 5.74) is 1.52. The molecule has 0 saturated heterocycles. The molecular formula is C25H23Br2N3O3. The van der Waals surface area contributed by atoms with Crippen LogP contribution in [0, 0.1) is 0 Å². The number of carbonyl (C=O) groups is 3. The normalized spacial score (nSPS) is 10.9. The lowest BCUT2D eigenvalue weighted by Gasteiger charge is -2.21. The molecule has 3 aromatic rings. The number of carbonyl (C=O) groups excluding carboxylic acids is 3. The number of anilines is 2. The molecule has 3 rings (SSSR count). The molecular weight excluding hydrogens is 550 g/mol. The predicted octanol–water partition coefficient (Wildman–Crippen LogP) is 6.24. The molecule has 8 heteroatoms. The van der Waals surface area contributed by atoms with Crippen LogP contribution in [0.5, 0.6) is 0 Å². The lowest BCUT2D eigenvalue weighted by atomic mass is 10.1. The maximum atomic E-state index is 12.8. The van der Waals surface area contributed by atoms with Gasteiger partial charge in [0.2, 0.25) is 0 Å². The van der Waals surface area contributed by atoms with Crippen molar-refractivity contribution in [3.8, 4) is 0 Å². The zero-order valence-corrected chi connectivity index (χ0v) is 21.5. The van der Waals surface area contributed by atoms with Crippen LogP contribution in [0.15, 0.2) is 75.7 Å². The van der Waals surface area contributed by atoms with E-state index in [0.29, 0.717) is 28.1 Å². The van der Waals surface area contributed by atoms with Gasteiger partial charge in [0.05, 0.1) is 0 Å². The Bertz CT molecular complexity index is 1140. The fourth-order valence-electron chi connectivity index (χ4n) is 2.98. The zero-order chi connectivity index (χ0) is 24.2. The lowest BCUT2D eigenvalue weighted by molar-refractivity contribution is 0.0917. The van der Waals surface area contributed by atoms with E-state index >= 15 is 0 Å². The van der Waals surface area contributed by atoms with Gasteiger partial charge in [-0.2, -0.15) is 0 Å². The van der Waals surface area contributed by atoms with Crippen LogP contribution in [-0.4, -0.2) is 23.3 Å². The van der Waals surface area contributed by atoms with Gasteiger partial charge in [0, 0.05) is 42.5 Å². The van der Waals surface area contributed by atoms with E-state index in [4.69, 9.17) is 0 Å². The quantitative estimate of drug-likeness (QED) is 0.338. The van der Waals surface area contributed by atoms with Crippen molar-refractivity contribution in [2.45, 2.75) is 26.3 Å². The van der Waals surface area contributed by atoms with E-state index in [1.807, 2.05) is 32.9 Å². The second kappa shape index (κ2) is 10.3. The summed E-state index contributed by atoms with van der Waals surface area (Å²) in [4.78, 5) is 38.3. The second-order valence-corrected chi connectivity index (χ2v) is 10.3. The topological polar surface area (TPSA) is 87.3 Å². The molecule has 0 unspecified atom stereocenters. The van der Waals surface area contributed by atoms with Crippen molar-refractivity contribution in [3.05, 3.63) is 92.4 Å². The minimum absolute atomic E-state index is 0.307. The van der Waals surface area contributed by atoms with Crippen molar-refractivity contribution in [1.29, 1.82) is 0 Å². The molecule has 0 aliphatic carbocycles. The van der Waals surface area contributed by atoms with Crippen LogP contribution in [-0.2, 0) is 0 Å². The Hall–Kier alpha value is -2.97. The van der Waals surface area contributed by atoms with Gasteiger partial charge in [0.1, 0.15) is 0 Å². The van der Waals surface area contributed by atoms with Gasteiger partial charge in [0.15, 0.2) is 0 Å². The number of hydrogen-bond donors (Lipinski definition) is 3. The van der Waals surface area contributed by atoms with Crippen molar-refractivity contribution in [3.63, 3.8) is 0 Å². The maximum absolute atomic E-state index is 12.8. The molecule has 0 bridgehead atoms. The molecule has 0 saturated carbocycles. The van der Waals surface area contributed by atoms with Crippen molar-refractivity contribution < 1.29 is 14.4 Å². The molecule has 0 aliphatic heterocycles. The van der Waals surface area contributed by atoms with Crippen molar-refractivity contribution in [2.75, 3.05) is 10.6 Å². The summed E-state index contributed by atoms with van der Waals surface area (Å²) in [6.07, 6.45) is 0. The third kappa shape index (κ3) is 7.27. The summed E-state index contributed by atoms with van der Waals surface area (Å²) < 4.78 is 1.55. The highest BCUT2D eigenvalue weighted by molar-refractivity contribution is 9.10. The molecule has 3 amide bonds. The molecule has 33 heavy (non-hydrogen) atoms. The van der Waals surface area contributed by atoms with Gasteiger partial charge in [-0.3, -0.25) is 14.4 Å². The summed E-state index contributed by atoms with van der Waals surface area (Å²) in [7, 11) is 0. The monoisotopic (exact) mass is 571 g/mol. The standard InChI is InChI=1S/C25H23Br2N3O3/c1-25(2,3)30-24(33)17-12-20(28-22(31)15-6-4-8-18(26)10-15)14-21(13-17)29-23(32)16-7-5-9-19(27)11-16/h4-14H,1-3H3,(H,28,31)(H,29,32)(H,30,33). The van der Waals surface area contributed by atoms with Crippen LogP contribution >= 0.6 is 31.9 Å². The molecule has 0 radical (unpaired) electrons. The minimum atomic E-state index is -0.452. The van der Waals surface area contributed by atoms with Crippen LogP contribution < -0.4 is 16.0 Å². The van der Waals surface area contributed by atoms with E-state index < -0.39 is 5.54 Å². The number of benzene rings is 3. The van der Waals surface area contributed by atoms with Gasteiger partial charge in [-0.05, 0) is 75.4 Å². The Labute approximate surface area is 209 Å². The van der Waals surface area contributed by atoms with Gasteiger partial charge in [0.25, 0.3) is 17.7 Å². The third-order valence-corrected chi connectivity index (χ3v) is 5.36. The Morgan fingerprint density at radius 1 is 0.636 bits per heavy atom. The van der Waals surface area contributed by atoms with Crippen molar-refractivity contribution in [2.24, 2.45) is 0 Å². The zero-order valence-electron chi connectivity index (χ0n) is 18.3. The van der Waals surface area contributed by atoms with Crippen LogP contribution in [0.25, 0.3) is 0 Å². The molecule has 0 aromatic heterocycles. The van der Waals surface area contributed by atoms with Crippen LogP contribution in [0.4, 0.5) is 11.4 Å². The largest absolute Gasteiger partial charge is 0.347 e. The lowest BCUT2D eigenvalue weighted by Crippen LogP contribution is -2.40. The first-order valence-corrected chi connectivity index (χ1v) is 11.7. The highest BCUT2D eigenvalue weighted by atomic mass is 79.9. The average molecular weight is 573 g/mol. The number of halogens is 2. The Kier molecular flexibility index (Phi) is 7.71. The molecule has 0 atom stereocenters. The third-order valence-electron chi connectivity index (χ3n) is 4.37. The molecule has 3 aromatic carbocycles. The highest BCUT2D eigenvalue weighted by Gasteiger charge is 2.18. The summed E-state index contributed by atoms with van der Waals surface area (Å²) in [6.45, 7) is 5.62. The SMILES string of the molecule is CC(C)(C)NC(=O)c1cc(NC(=O)c2cccc(Br)c2)cc(NC(=O)c2cccc(Br)c2)c1.